The van der Waals surface area contributed by atoms with E-state index < -0.39 is 11.0 Å². The third kappa shape index (κ3) is 3.06. The summed E-state index contributed by atoms with van der Waals surface area (Å²) in [5, 5.41) is 17.9. The highest BCUT2D eigenvalue weighted by Crippen LogP contribution is 2.46. The molecule has 0 saturated heterocycles. The predicted molar refractivity (Wildman–Crippen MR) is 106 cm³/mol. The van der Waals surface area contributed by atoms with Crippen molar-refractivity contribution in [2.24, 2.45) is 5.41 Å². The molecule has 0 unspecified atom stereocenters. The van der Waals surface area contributed by atoms with Crippen molar-refractivity contribution in [3.63, 3.8) is 0 Å². The molecule has 28 heavy (non-hydrogen) atoms. The standard InChI is InChI=1S/C21H23N3O4/c1-11-7-13-14(8-12(11)2)23-20(17-5-6-18(28-17)24(26)27)19-15(22-13)9-21(3,4)10-16(19)25/h5-8,20,22-23H,9-10H2,1-4H3/t20-/m1/s1. The number of hydrogen-bond acceptors (Lipinski definition) is 6. The number of nitrogens with one attached hydrogen (secondary N) is 2. The van der Waals surface area contributed by atoms with Gasteiger partial charge in [0.05, 0.1) is 17.4 Å². The van der Waals surface area contributed by atoms with Crippen LogP contribution in [0.3, 0.4) is 0 Å². The molecule has 4 rings (SSSR count). The minimum absolute atomic E-state index is 0.0246. The molecule has 0 bridgehead atoms. The molecular formula is C21H23N3O4. The molecule has 7 heteroatoms. The van der Waals surface area contributed by atoms with Crippen LogP contribution in [0.25, 0.3) is 0 Å². The normalized spacial score (nSPS) is 20.6. The lowest BCUT2D eigenvalue weighted by atomic mass is 9.74. The largest absolute Gasteiger partial charge is 0.433 e. The maximum absolute atomic E-state index is 13.1. The molecule has 1 aromatic heterocycles. The van der Waals surface area contributed by atoms with Crippen LogP contribution < -0.4 is 10.6 Å². The number of carbonyl (C=O) groups is 1. The number of fused-ring (bicyclic) bond motifs is 1. The number of Topliss-reactive ketones (excluding diaryl/α,β-unsaturated/α-hetero) is 1. The maximum atomic E-state index is 13.1. The van der Waals surface area contributed by atoms with Gasteiger partial charge in [-0.1, -0.05) is 13.8 Å². The summed E-state index contributed by atoms with van der Waals surface area (Å²) in [4.78, 5) is 23.6. The number of nitro groups is 1. The molecule has 0 radical (unpaired) electrons. The Labute approximate surface area is 163 Å². The Morgan fingerprint density at radius 3 is 2.46 bits per heavy atom. The molecular weight excluding hydrogens is 358 g/mol. The van der Waals surface area contributed by atoms with Gasteiger partial charge in [0.1, 0.15) is 16.7 Å². The molecule has 2 aromatic rings. The molecule has 2 N–H and O–H groups in total. The van der Waals surface area contributed by atoms with E-state index in [1.165, 1.54) is 6.07 Å². The van der Waals surface area contributed by atoms with Crippen molar-refractivity contribution in [3.05, 3.63) is 62.5 Å². The molecule has 1 aliphatic carbocycles. The van der Waals surface area contributed by atoms with Gasteiger partial charge in [-0.25, -0.2) is 0 Å². The number of hydrogen-bond donors (Lipinski definition) is 2. The van der Waals surface area contributed by atoms with Crippen molar-refractivity contribution in [2.45, 2.75) is 46.6 Å². The smallest absolute Gasteiger partial charge is 0.403 e. The predicted octanol–water partition coefficient (Wildman–Crippen LogP) is 5.03. The first-order valence-corrected chi connectivity index (χ1v) is 9.30. The van der Waals surface area contributed by atoms with Crippen molar-refractivity contribution in [1.29, 1.82) is 0 Å². The second-order valence-corrected chi connectivity index (χ2v) is 8.45. The first-order chi connectivity index (χ1) is 13.1. The van der Waals surface area contributed by atoms with E-state index in [0.717, 1.165) is 28.2 Å². The second-order valence-electron chi connectivity index (χ2n) is 8.45. The average molecular weight is 381 g/mol. The Bertz CT molecular complexity index is 1030. The van der Waals surface area contributed by atoms with Crippen LogP contribution in [0.15, 0.2) is 40.0 Å². The van der Waals surface area contributed by atoms with E-state index in [-0.39, 0.29) is 17.1 Å². The Morgan fingerprint density at radius 2 is 1.82 bits per heavy atom. The fraction of sp³-hybridized carbons (Fsp3) is 0.381. The summed E-state index contributed by atoms with van der Waals surface area (Å²) in [5.41, 5.74) is 5.27. The van der Waals surface area contributed by atoms with Crippen molar-refractivity contribution in [2.75, 3.05) is 10.6 Å². The van der Waals surface area contributed by atoms with Gasteiger partial charge >= 0.3 is 5.88 Å². The topological polar surface area (TPSA) is 97.4 Å². The van der Waals surface area contributed by atoms with Crippen molar-refractivity contribution in [3.8, 4) is 0 Å². The van der Waals surface area contributed by atoms with E-state index >= 15 is 0 Å². The van der Waals surface area contributed by atoms with Gasteiger partial charge in [-0.3, -0.25) is 14.9 Å². The Kier molecular flexibility index (Phi) is 4.06. The minimum Gasteiger partial charge on any atom is -0.403 e. The van der Waals surface area contributed by atoms with Crippen LogP contribution >= 0.6 is 0 Å². The van der Waals surface area contributed by atoms with Crippen LogP contribution in [0.4, 0.5) is 17.3 Å². The summed E-state index contributed by atoms with van der Waals surface area (Å²) in [6.45, 7) is 8.21. The molecule has 1 aromatic carbocycles. The number of ketones is 1. The van der Waals surface area contributed by atoms with Crippen LogP contribution in [0.1, 0.15) is 49.6 Å². The molecule has 2 aliphatic rings. The first-order valence-electron chi connectivity index (χ1n) is 9.30. The Balaban J connectivity index is 1.89. The van der Waals surface area contributed by atoms with Gasteiger partial charge in [0.2, 0.25) is 0 Å². The average Bonchev–Trinajstić information content (AvgIpc) is 3.01. The van der Waals surface area contributed by atoms with Crippen molar-refractivity contribution in [1.82, 2.24) is 0 Å². The summed E-state index contributed by atoms with van der Waals surface area (Å²) in [5.74, 6) is 0.0525. The molecule has 2 heterocycles. The Morgan fingerprint density at radius 1 is 1.14 bits per heavy atom. The maximum Gasteiger partial charge on any atom is 0.433 e. The highest BCUT2D eigenvalue weighted by molar-refractivity contribution is 6.01. The third-order valence-corrected chi connectivity index (χ3v) is 5.50. The van der Waals surface area contributed by atoms with Gasteiger partial charge in [-0.05, 0) is 55.0 Å². The van der Waals surface area contributed by atoms with Gasteiger partial charge < -0.3 is 15.1 Å². The van der Waals surface area contributed by atoms with Crippen LogP contribution in [-0.4, -0.2) is 10.7 Å². The van der Waals surface area contributed by atoms with Gasteiger partial charge in [-0.15, -0.1) is 0 Å². The van der Waals surface area contributed by atoms with E-state index in [2.05, 4.69) is 30.5 Å². The zero-order valence-corrected chi connectivity index (χ0v) is 16.4. The number of anilines is 2. The highest BCUT2D eigenvalue weighted by atomic mass is 16.6. The van der Waals surface area contributed by atoms with Gasteiger partial charge in [0.15, 0.2) is 5.78 Å². The first kappa shape index (κ1) is 18.3. The molecule has 1 aliphatic heterocycles. The summed E-state index contributed by atoms with van der Waals surface area (Å²) in [6.07, 6.45) is 1.13. The summed E-state index contributed by atoms with van der Waals surface area (Å²) in [7, 11) is 0. The minimum atomic E-state index is -0.580. The van der Waals surface area contributed by atoms with E-state index in [0.29, 0.717) is 24.2 Å². The van der Waals surface area contributed by atoms with Gasteiger partial charge in [-0.2, -0.15) is 0 Å². The molecule has 1 atom stereocenters. The molecule has 0 saturated carbocycles. The number of allylic oxidation sites excluding steroid dienone is 1. The SMILES string of the molecule is Cc1cc2c(cc1C)N[C@H](c1ccc([N+](=O)[O-])o1)C1=C(CC(C)(C)CC1=O)N2. The van der Waals surface area contributed by atoms with Crippen LogP contribution in [0.5, 0.6) is 0 Å². The number of rotatable bonds is 2. The van der Waals surface area contributed by atoms with E-state index in [9.17, 15) is 14.9 Å². The van der Waals surface area contributed by atoms with Crippen molar-refractivity contribution >= 4 is 23.0 Å². The number of aryl methyl sites for hydroxylation is 2. The number of carbonyl (C=O) groups excluding carboxylic acids is 1. The lowest BCUT2D eigenvalue weighted by molar-refractivity contribution is -0.402. The Hall–Kier alpha value is -3.09. The van der Waals surface area contributed by atoms with Crippen molar-refractivity contribution < 1.29 is 14.1 Å². The van der Waals surface area contributed by atoms with E-state index in [1.807, 2.05) is 19.9 Å². The van der Waals surface area contributed by atoms with Gasteiger partial charge in [0, 0.05) is 17.7 Å². The lowest BCUT2D eigenvalue weighted by Gasteiger charge is -2.33. The quantitative estimate of drug-likeness (QED) is 0.559. The molecule has 0 fully saturated rings. The number of nitrogens with zero attached hydrogens (tertiary/aromatic N) is 1. The summed E-state index contributed by atoms with van der Waals surface area (Å²) in [6, 6.07) is 6.40. The van der Waals surface area contributed by atoms with E-state index in [1.54, 1.807) is 6.07 Å². The zero-order chi connectivity index (χ0) is 20.2. The summed E-state index contributed by atoms with van der Waals surface area (Å²) < 4.78 is 5.48. The molecule has 146 valence electrons. The monoisotopic (exact) mass is 381 g/mol. The van der Waals surface area contributed by atoms with E-state index in [4.69, 9.17) is 4.42 Å². The fourth-order valence-electron chi connectivity index (χ4n) is 4.02. The second kappa shape index (κ2) is 6.22. The highest BCUT2D eigenvalue weighted by Gasteiger charge is 2.40. The third-order valence-electron chi connectivity index (χ3n) is 5.50. The number of furan rings is 1. The molecule has 0 amide bonds. The van der Waals surface area contributed by atoms with Crippen LogP contribution in [0, 0.1) is 29.4 Å². The zero-order valence-electron chi connectivity index (χ0n) is 16.4. The van der Waals surface area contributed by atoms with Crippen LogP contribution in [0.2, 0.25) is 0 Å². The molecule has 7 nitrogen and oxygen atoms in total. The molecule has 0 spiro atoms. The lowest BCUT2D eigenvalue weighted by Crippen LogP contribution is -2.31. The van der Waals surface area contributed by atoms with Crippen LogP contribution in [-0.2, 0) is 4.79 Å². The number of benzene rings is 1. The summed E-state index contributed by atoms with van der Waals surface area (Å²) >= 11 is 0. The van der Waals surface area contributed by atoms with Gasteiger partial charge in [0.25, 0.3) is 0 Å². The fourth-order valence-corrected chi connectivity index (χ4v) is 4.02.